The van der Waals surface area contributed by atoms with Crippen LogP contribution in [0.25, 0.3) is 0 Å². The van der Waals surface area contributed by atoms with E-state index in [2.05, 4.69) is 5.32 Å². The Morgan fingerprint density at radius 3 is 2.36 bits per heavy atom. The zero-order chi connectivity index (χ0) is 30.3. The molecule has 1 aliphatic rings. The molecular weight excluding hydrogens is 581 g/mol. The normalized spacial score (nSPS) is 14.3. The van der Waals surface area contributed by atoms with Crippen LogP contribution in [-0.2, 0) is 32.6 Å². The number of sulfonamides is 1. The Morgan fingerprint density at radius 1 is 1.02 bits per heavy atom. The van der Waals surface area contributed by atoms with Crippen LogP contribution in [0.1, 0.15) is 36.8 Å². The number of carbonyl (C=O) groups is 2. The fraction of sp³-hybridized carbons (Fsp3) is 0.355. The van der Waals surface area contributed by atoms with E-state index in [0.717, 1.165) is 53.9 Å². The molecule has 3 aromatic rings. The Balaban J connectivity index is 1.74. The van der Waals surface area contributed by atoms with Crippen molar-refractivity contribution in [2.45, 2.75) is 50.7 Å². The largest absolute Gasteiger partial charge is 0.497 e. The maximum atomic E-state index is 14.2. The molecule has 0 radical (unpaired) electrons. The van der Waals surface area contributed by atoms with Crippen LogP contribution in [-0.4, -0.2) is 57.1 Å². The zero-order valence-electron chi connectivity index (χ0n) is 23.6. The molecule has 1 N–H and O–H groups in total. The smallest absolute Gasteiger partial charge is 0.244 e. The highest BCUT2D eigenvalue weighted by Crippen LogP contribution is 2.26. The maximum Gasteiger partial charge on any atom is 0.244 e. The van der Waals surface area contributed by atoms with Gasteiger partial charge in [-0.2, -0.15) is 0 Å². The predicted octanol–water partition coefficient (Wildman–Crippen LogP) is 4.95. The molecule has 224 valence electrons. The van der Waals surface area contributed by atoms with Crippen LogP contribution in [0.2, 0.25) is 5.02 Å². The molecule has 0 bridgehead atoms. The van der Waals surface area contributed by atoms with E-state index in [4.69, 9.17) is 16.3 Å². The van der Waals surface area contributed by atoms with Gasteiger partial charge in [-0.05, 0) is 54.3 Å². The highest BCUT2D eigenvalue weighted by atomic mass is 35.5. The average molecular weight is 616 g/mol. The Hall–Kier alpha value is -3.63. The van der Waals surface area contributed by atoms with Crippen LogP contribution in [0, 0.1) is 5.82 Å². The molecule has 1 saturated carbocycles. The van der Waals surface area contributed by atoms with E-state index in [1.807, 2.05) is 36.4 Å². The van der Waals surface area contributed by atoms with Gasteiger partial charge < -0.3 is 15.0 Å². The summed E-state index contributed by atoms with van der Waals surface area (Å²) in [5, 5.41) is 2.85. The van der Waals surface area contributed by atoms with Gasteiger partial charge in [-0.3, -0.25) is 13.9 Å². The van der Waals surface area contributed by atoms with E-state index in [1.54, 1.807) is 18.2 Å². The molecular formula is C31H35ClFN3O5S. The molecule has 0 spiro atoms. The molecule has 2 amide bonds. The molecule has 11 heteroatoms. The summed E-state index contributed by atoms with van der Waals surface area (Å²) in [7, 11) is -2.46. The van der Waals surface area contributed by atoms with Gasteiger partial charge in [0, 0.05) is 19.0 Å². The van der Waals surface area contributed by atoms with Gasteiger partial charge in [-0.15, -0.1) is 0 Å². The van der Waals surface area contributed by atoms with Crippen molar-refractivity contribution < 1.29 is 27.1 Å². The molecule has 1 atom stereocenters. The van der Waals surface area contributed by atoms with Gasteiger partial charge in [0.1, 0.15) is 24.2 Å². The van der Waals surface area contributed by atoms with Crippen LogP contribution in [0.3, 0.4) is 0 Å². The van der Waals surface area contributed by atoms with Crippen molar-refractivity contribution in [2.24, 2.45) is 0 Å². The van der Waals surface area contributed by atoms with Crippen molar-refractivity contribution in [1.82, 2.24) is 10.2 Å². The Kier molecular flexibility index (Phi) is 10.5. The second-order valence-electron chi connectivity index (χ2n) is 10.4. The number of amides is 2. The summed E-state index contributed by atoms with van der Waals surface area (Å²) in [4.78, 5) is 29.4. The SMILES string of the molecule is COc1cccc(CN(C(=O)CN(c2ccc(F)c(Cl)c2)S(C)(=O)=O)[C@@H](Cc2ccccc2)C(=O)NC2CCCC2)c1. The predicted molar refractivity (Wildman–Crippen MR) is 161 cm³/mol. The number of ether oxygens (including phenoxy) is 1. The lowest BCUT2D eigenvalue weighted by atomic mass is 10.0. The number of methoxy groups -OCH3 is 1. The van der Waals surface area contributed by atoms with Crippen LogP contribution in [0.4, 0.5) is 10.1 Å². The first-order chi connectivity index (χ1) is 20.0. The van der Waals surface area contributed by atoms with Gasteiger partial charge >= 0.3 is 0 Å². The van der Waals surface area contributed by atoms with Crippen molar-refractivity contribution in [3.05, 3.63) is 94.8 Å². The molecule has 0 saturated heterocycles. The van der Waals surface area contributed by atoms with Crippen LogP contribution in [0.15, 0.2) is 72.8 Å². The van der Waals surface area contributed by atoms with E-state index in [0.29, 0.717) is 11.3 Å². The molecule has 3 aromatic carbocycles. The highest BCUT2D eigenvalue weighted by Gasteiger charge is 2.34. The summed E-state index contributed by atoms with van der Waals surface area (Å²) in [6, 6.07) is 19.0. The lowest BCUT2D eigenvalue weighted by Gasteiger charge is -2.34. The molecule has 8 nitrogen and oxygen atoms in total. The number of benzene rings is 3. The van der Waals surface area contributed by atoms with Crippen molar-refractivity contribution >= 4 is 39.1 Å². The van der Waals surface area contributed by atoms with Crippen LogP contribution in [0.5, 0.6) is 5.75 Å². The number of halogens is 2. The van der Waals surface area contributed by atoms with E-state index in [-0.39, 0.29) is 35.6 Å². The van der Waals surface area contributed by atoms with E-state index in [1.165, 1.54) is 18.1 Å². The third-order valence-corrected chi connectivity index (χ3v) is 8.76. The van der Waals surface area contributed by atoms with Gasteiger partial charge in [-0.1, -0.05) is 66.9 Å². The summed E-state index contributed by atoms with van der Waals surface area (Å²) >= 11 is 5.95. The van der Waals surface area contributed by atoms with Gasteiger partial charge in [0.15, 0.2) is 0 Å². The molecule has 1 aliphatic carbocycles. The minimum absolute atomic E-state index is 0.0124. The van der Waals surface area contributed by atoms with Crippen molar-refractivity contribution in [1.29, 1.82) is 0 Å². The number of rotatable bonds is 12. The van der Waals surface area contributed by atoms with Crippen molar-refractivity contribution in [3.63, 3.8) is 0 Å². The molecule has 0 aliphatic heterocycles. The van der Waals surface area contributed by atoms with Crippen molar-refractivity contribution in [2.75, 3.05) is 24.2 Å². The fourth-order valence-electron chi connectivity index (χ4n) is 5.14. The van der Waals surface area contributed by atoms with E-state index in [9.17, 15) is 22.4 Å². The van der Waals surface area contributed by atoms with Gasteiger partial charge in [0.2, 0.25) is 21.8 Å². The first-order valence-electron chi connectivity index (χ1n) is 13.7. The number of anilines is 1. The zero-order valence-corrected chi connectivity index (χ0v) is 25.2. The number of hydrogen-bond donors (Lipinski definition) is 1. The standard InChI is InChI=1S/C31H35ClFN3O5S/c1-41-26-14-8-11-23(17-26)20-35(30(37)21-36(42(2,39)40)25-15-16-28(33)27(32)19-25)29(18-22-9-4-3-5-10-22)31(38)34-24-12-6-7-13-24/h3-5,8-11,14-17,19,24,29H,6-7,12-13,18,20-21H2,1-2H3,(H,34,38)/t29-/m0/s1. The maximum absolute atomic E-state index is 14.2. The van der Waals surface area contributed by atoms with Crippen LogP contribution < -0.4 is 14.4 Å². The molecule has 0 unspecified atom stereocenters. The second kappa shape index (κ2) is 14.0. The molecule has 0 heterocycles. The number of nitrogens with zero attached hydrogens (tertiary/aromatic N) is 2. The minimum atomic E-state index is -4.00. The van der Waals surface area contributed by atoms with Gasteiger partial charge in [-0.25, -0.2) is 12.8 Å². The molecule has 1 fully saturated rings. The Morgan fingerprint density at radius 2 is 1.71 bits per heavy atom. The first-order valence-corrected chi connectivity index (χ1v) is 16.0. The van der Waals surface area contributed by atoms with Crippen LogP contribution >= 0.6 is 11.6 Å². The van der Waals surface area contributed by atoms with Crippen molar-refractivity contribution in [3.8, 4) is 5.75 Å². The average Bonchev–Trinajstić information content (AvgIpc) is 3.48. The summed E-state index contributed by atoms with van der Waals surface area (Å²) in [5.41, 5.74) is 1.58. The summed E-state index contributed by atoms with van der Waals surface area (Å²) in [6.45, 7) is -0.597. The summed E-state index contributed by atoms with van der Waals surface area (Å²) in [5.74, 6) is -1.05. The monoisotopic (exact) mass is 615 g/mol. The minimum Gasteiger partial charge on any atom is -0.497 e. The Labute approximate surface area is 251 Å². The third-order valence-electron chi connectivity index (χ3n) is 7.33. The van der Waals surface area contributed by atoms with Gasteiger partial charge in [0.05, 0.1) is 24.1 Å². The Bertz CT molecular complexity index is 1500. The second-order valence-corrected chi connectivity index (χ2v) is 12.8. The van der Waals surface area contributed by atoms with E-state index >= 15 is 0 Å². The van der Waals surface area contributed by atoms with Gasteiger partial charge in [0.25, 0.3) is 0 Å². The highest BCUT2D eigenvalue weighted by molar-refractivity contribution is 7.92. The quantitative estimate of drug-likeness (QED) is 0.311. The van der Waals surface area contributed by atoms with E-state index < -0.39 is 34.3 Å². The molecule has 4 rings (SSSR count). The fourth-order valence-corrected chi connectivity index (χ4v) is 6.16. The topological polar surface area (TPSA) is 96.0 Å². The summed E-state index contributed by atoms with van der Waals surface area (Å²) < 4.78 is 45.9. The number of hydrogen-bond acceptors (Lipinski definition) is 5. The first kappa shape index (κ1) is 31.3. The molecule has 0 aromatic heterocycles. The lowest BCUT2D eigenvalue weighted by Crippen LogP contribution is -2.54. The lowest BCUT2D eigenvalue weighted by molar-refractivity contribution is -0.140. The third kappa shape index (κ3) is 8.23. The number of carbonyl (C=O) groups excluding carboxylic acids is 2. The number of nitrogens with one attached hydrogen (secondary N) is 1. The molecule has 42 heavy (non-hydrogen) atoms. The summed E-state index contributed by atoms with van der Waals surface area (Å²) in [6.07, 6.45) is 4.94.